The van der Waals surface area contributed by atoms with Gasteiger partial charge in [-0.15, -0.1) is 0 Å². The third-order valence-corrected chi connectivity index (χ3v) is 4.68. The first-order chi connectivity index (χ1) is 10.1. The van der Waals surface area contributed by atoms with Gasteiger partial charge in [0.25, 0.3) is 0 Å². The van der Waals surface area contributed by atoms with Crippen LogP contribution < -0.4 is 5.73 Å². The fourth-order valence-corrected chi connectivity index (χ4v) is 3.64. The van der Waals surface area contributed by atoms with Gasteiger partial charge in [0, 0.05) is 24.3 Å². The van der Waals surface area contributed by atoms with Gasteiger partial charge in [0.15, 0.2) is 5.78 Å². The quantitative estimate of drug-likeness (QED) is 0.901. The molecule has 0 heterocycles. The van der Waals surface area contributed by atoms with Crippen LogP contribution in [0.4, 0.5) is 0 Å². The number of carbonyl (C=O) groups excluding carboxylic acids is 2. The lowest BCUT2D eigenvalue weighted by molar-refractivity contribution is -0.126. The smallest absolute Gasteiger partial charge is 0.238 e. The summed E-state index contributed by atoms with van der Waals surface area (Å²) in [6.07, 6.45) is 2.12. The molecular formula is C17H16N2O2. The maximum Gasteiger partial charge on any atom is 0.238 e. The van der Waals surface area contributed by atoms with Gasteiger partial charge in [-0.2, -0.15) is 5.26 Å². The monoisotopic (exact) mass is 280 g/mol. The predicted molar refractivity (Wildman–Crippen MR) is 77.6 cm³/mol. The molecule has 2 unspecified atom stereocenters. The normalized spacial score (nSPS) is 28.1. The Kier molecular flexibility index (Phi) is 3.13. The van der Waals surface area contributed by atoms with Gasteiger partial charge < -0.3 is 5.73 Å². The molecule has 4 heteroatoms. The molecule has 4 nitrogen and oxygen atoms in total. The number of nitrogens with zero attached hydrogens (tertiary/aromatic N) is 1. The van der Waals surface area contributed by atoms with E-state index in [2.05, 4.69) is 6.07 Å². The van der Waals surface area contributed by atoms with Gasteiger partial charge in [-0.05, 0) is 24.0 Å². The van der Waals surface area contributed by atoms with Gasteiger partial charge in [-0.1, -0.05) is 30.3 Å². The van der Waals surface area contributed by atoms with Crippen LogP contribution in [0.1, 0.15) is 31.2 Å². The van der Waals surface area contributed by atoms with E-state index in [1.165, 1.54) is 0 Å². The first kappa shape index (κ1) is 13.6. The molecule has 1 saturated carbocycles. The SMILES string of the molecule is N#CC1(C(N)=O)CC(c2ccccc2)=C2C(=O)CCCC21. The molecule has 0 bridgehead atoms. The van der Waals surface area contributed by atoms with E-state index in [1.807, 2.05) is 30.3 Å². The summed E-state index contributed by atoms with van der Waals surface area (Å²) in [5.41, 5.74) is 6.66. The Hall–Kier alpha value is -2.41. The van der Waals surface area contributed by atoms with Gasteiger partial charge >= 0.3 is 0 Å². The first-order valence-electron chi connectivity index (χ1n) is 7.13. The topological polar surface area (TPSA) is 83.9 Å². The lowest BCUT2D eigenvalue weighted by Gasteiger charge is -2.29. The second kappa shape index (κ2) is 4.85. The molecule has 2 atom stereocenters. The van der Waals surface area contributed by atoms with E-state index in [0.717, 1.165) is 11.1 Å². The molecule has 0 saturated heterocycles. The van der Waals surface area contributed by atoms with Crippen LogP contribution in [-0.4, -0.2) is 11.7 Å². The highest BCUT2D eigenvalue weighted by Gasteiger charge is 2.54. The number of ketones is 1. The molecule has 106 valence electrons. The number of nitrogens with two attached hydrogens (primary N) is 1. The van der Waals surface area contributed by atoms with E-state index in [4.69, 9.17) is 5.73 Å². The Bertz CT molecular complexity index is 684. The largest absolute Gasteiger partial charge is 0.368 e. The number of nitriles is 1. The van der Waals surface area contributed by atoms with Gasteiger partial charge in [0.05, 0.1) is 6.07 Å². The third-order valence-electron chi connectivity index (χ3n) is 4.68. The molecule has 0 aromatic heterocycles. The number of rotatable bonds is 2. The average molecular weight is 280 g/mol. The Labute approximate surface area is 123 Å². The van der Waals surface area contributed by atoms with Crippen molar-refractivity contribution in [3.63, 3.8) is 0 Å². The van der Waals surface area contributed by atoms with Crippen LogP contribution in [0.3, 0.4) is 0 Å². The number of fused-ring (bicyclic) bond motifs is 1. The highest BCUT2D eigenvalue weighted by Crippen LogP contribution is 2.54. The van der Waals surface area contributed by atoms with Gasteiger partial charge in [-0.25, -0.2) is 0 Å². The van der Waals surface area contributed by atoms with Crippen molar-refractivity contribution >= 4 is 17.3 Å². The van der Waals surface area contributed by atoms with E-state index in [9.17, 15) is 14.9 Å². The Morgan fingerprint density at radius 3 is 2.67 bits per heavy atom. The summed E-state index contributed by atoms with van der Waals surface area (Å²) < 4.78 is 0. The van der Waals surface area contributed by atoms with Crippen molar-refractivity contribution in [1.29, 1.82) is 5.26 Å². The van der Waals surface area contributed by atoms with Crippen LogP contribution in [0.25, 0.3) is 5.57 Å². The summed E-state index contributed by atoms with van der Waals surface area (Å²) in [5.74, 6) is -0.909. The number of primary amides is 1. The lowest BCUT2D eigenvalue weighted by Crippen LogP contribution is -2.41. The van der Waals surface area contributed by atoms with Crippen LogP contribution in [0.5, 0.6) is 0 Å². The molecule has 1 amide bonds. The lowest BCUT2D eigenvalue weighted by atomic mass is 9.70. The van der Waals surface area contributed by atoms with Crippen molar-refractivity contribution in [2.24, 2.45) is 17.1 Å². The van der Waals surface area contributed by atoms with E-state index in [-0.39, 0.29) is 18.1 Å². The standard InChI is InChI=1S/C17H16N2O2/c18-10-17(16(19)21)9-12(11-5-2-1-3-6-11)15-13(17)7-4-8-14(15)20/h1-3,5-6,13H,4,7-9H2,(H2,19,21). The summed E-state index contributed by atoms with van der Waals surface area (Å²) >= 11 is 0. The zero-order valence-corrected chi connectivity index (χ0v) is 11.6. The fraction of sp³-hybridized carbons (Fsp3) is 0.353. The number of hydrogen-bond donors (Lipinski definition) is 1. The molecule has 2 aliphatic carbocycles. The highest BCUT2D eigenvalue weighted by atomic mass is 16.1. The molecule has 2 N–H and O–H groups in total. The Morgan fingerprint density at radius 1 is 1.33 bits per heavy atom. The number of carbonyl (C=O) groups is 2. The number of hydrogen-bond acceptors (Lipinski definition) is 3. The summed E-state index contributed by atoms with van der Waals surface area (Å²) in [7, 11) is 0. The molecule has 0 spiro atoms. The van der Waals surface area contributed by atoms with Crippen molar-refractivity contribution in [2.75, 3.05) is 0 Å². The molecule has 2 aliphatic rings. The number of allylic oxidation sites excluding steroid dienone is 2. The molecule has 0 aliphatic heterocycles. The minimum atomic E-state index is -1.27. The van der Waals surface area contributed by atoms with Crippen LogP contribution >= 0.6 is 0 Å². The molecule has 0 radical (unpaired) electrons. The fourth-order valence-electron chi connectivity index (χ4n) is 3.64. The summed E-state index contributed by atoms with van der Waals surface area (Å²) in [4.78, 5) is 24.3. The number of amides is 1. The average Bonchev–Trinajstić information content (AvgIpc) is 2.85. The summed E-state index contributed by atoms with van der Waals surface area (Å²) in [6.45, 7) is 0. The van der Waals surface area contributed by atoms with E-state index in [1.54, 1.807) is 0 Å². The van der Waals surface area contributed by atoms with Crippen molar-refractivity contribution < 1.29 is 9.59 Å². The van der Waals surface area contributed by atoms with Gasteiger partial charge in [0.2, 0.25) is 5.91 Å². The second-order valence-corrected chi connectivity index (χ2v) is 5.75. The highest BCUT2D eigenvalue weighted by molar-refractivity contribution is 6.08. The zero-order chi connectivity index (χ0) is 15.0. The molecule has 1 aromatic rings. The Morgan fingerprint density at radius 2 is 2.05 bits per heavy atom. The maximum absolute atomic E-state index is 12.4. The molecular weight excluding hydrogens is 264 g/mol. The maximum atomic E-state index is 12.4. The molecule has 1 aromatic carbocycles. The zero-order valence-electron chi connectivity index (χ0n) is 11.6. The summed E-state index contributed by atoms with van der Waals surface area (Å²) in [6, 6.07) is 11.6. The van der Waals surface area contributed by atoms with Crippen LogP contribution in [0, 0.1) is 22.7 Å². The van der Waals surface area contributed by atoms with Crippen LogP contribution in [0.2, 0.25) is 0 Å². The van der Waals surface area contributed by atoms with Gasteiger partial charge in [0.1, 0.15) is 5.41 Å². The Balaban J connectivity index is 2.18. The number of Topliss-reactive ketones (excluding diaryl/α,β-unsaturated/α-hetero) is 1. The molecule has 3 rings (SSSR count). The molecule has 21 heavy (non-hydrogen) atoms. The van der Waals surface area contributed by atoms with Crippen molar-refractivity contribution in [3.05, 3.63) is 41.5 Å². The van der Waals surface area contributed by atoms with Crippen molar-refractivity contribution in [3.8, 4) is 6.07 Å². The van der Waals surface area contributed by atoms with E-state index < -0.39 is 11.3 Å². The van der Waals surface area contributed by atoms with Crippen molar-refractivity contribution in [1.82, 2.24) is 0 Å². The first-order valence-corrected chi connectivity index (χ1v) is 7.13. The minimum Gasteiger partial charge on any atom is -0.368 e. The van der Waals surface area contributed by atoms with Gasteiger partial charge in [-0.3, -0.25) is 9.59 Å². The number of benzene rings is 1. The van der Waals surface area contributed by atoms with Crippen LogP contribution in [0.15, 0.2) is 35.9 Å². The molecule has 1 fully saturated rings. The third kappa shape index (κ3) is 1.89. The van der Waals surface area contributed by atoms with E-state index in [0.29, 0.717) is 24.8 Å². The van der Waals surface area contributed by atoms with Crippen molar-refractivity contribution in [2.45, 2.75) is 25.7 Å². The van der Waals surface area contributed by atoms with E-state index >= 15 is 0 Å². The summed E-state index contributed by atoms with van der Waals surface area (Å²) in [5, 5.41) is 9.59. The minimum absolute atomic E-state index is 0.0588. The predicted octanol–water partition coefficient (Wildman–Crippen LogP) is 2.21. The van der Waals surface area contributed by atoms with Crippen LogP contribution in [-0.2, 0) is 9.59 Å². The second-order valence-electron chi connectivity index (χ2n) is 5.75.